The Morgan fingerprint density at radius 1 is 1.24 bits per heavy atom. The molecule has 25 heavy (non-hydrogen) atoms. The first-order valence-electron chi connectivity index (χ1n) is 8.38. The SMILES string of the molecule is O=C(C=Cc1ccc2c(c1)CCC2NC(CO)c1ccccc1)NO. The lowest BCUT2D eigenvalue weighted by Gasteiger charge is -2.22. The highest BCUT2D eigenvalue weighted by Crippen LogP contribution is 2.33. The maximum atomic E-state index is 11.1. The minimum atomic E-state index is -0.548. The molecule has 2 unspecified atom stereocenters. The van der Waals surface area contributed by atoms with Crippen molar-refractivity contribution in [1.82, 2.24) is 10.8 Å². The zero-order chi connectivity index (χ0) is 17.6. The Balaban J connectivity index is 1.73. The van der Waals surface area contributed by atoms with Crippen molar-refractivity contribution >= 4 is 12.0 Å². The second-order valence-corrected chi connectivity index (χ2v) is 6.17. The van der Waals surface area contributed by atoms with Crippen LogP contribution in [0.1, 0.15) is 40.8 Å². The van der Waals surface area contributed by atoms with Crippen molar-refractivity contribution in [1.29, 1.82) is 0 Å². The molecule has 0 aromatic heterocycles. The van der Waals surface area contributed by atoms with Gasteiger partial charge in [0.2, 0.25) is 0 Å². The number of aryl methyl sites for hydroxylation is 1. The Morgan fingerprint density at radius 2 is 2.04 bits per heavy atom. The third-order valence-electron chi connectivity index (χ3n) is 4.57. The lowest BCUT2D eigenvalue weighted by Crippen LogP contribution is -2.27. The third kappa shape index (κ3) is 4.14. The molecule has 0 heterocycles. The maximum Gasteiger partial charge on any atom is 0.267 e. The van der Waals surface area contributed by atoms with E-state index in [1.807, 2.05) is 36.4 Å². The van der Waals surface area contributed by atoms with Crippen LogP contribution >= 0.6 is 0 Å². The summed E-state index contributed by atoms with van der Waals surface area (Å²) >= 11 is 0. The van der Waals surface area contributed by atoms with Crippen LogP contribution in [0.25, 0.3) is 6.08 Å². The molecule has 1 amide bonds. The molecular weight excluding hydrogens is 316 g/mol. The molecule has 5 heteroatoms. The van der Waals surface area contributed by atoms with E-state index in [1.165, 1.54) is 17.2 Å². The standard InChI is InChI=1S/C20H22N2O3/c23-13-19(15-4-2-1-3-5-15)21-18-10-8-16-12-14(6-9-17(16)18)7-11-20(24)22-25/h1-7,9,11-12,18-19,21,23,25H,8,10,13H2,(H,22,24). The summed E-state index contributed by atoms with van der Waals surface area (Å²) in [7, 11) is 0. The number of carbonyl (C=O) groups is 1. The zero-order valence-corrected chi connectivity index (χ0v) is 13.9. The number of fused-ring (bicyclic) bond motifs is 1. The average molecular weight is 338 g/mol. The fourth-order valence-electron chi connectivity index (χ4n) is 3.31. The molecule has 1 aliphatic rings. The van der Waals surface area contributed by atoms with E-state index in [4.69, 9.17) is 5.21 Å². The predicted molar refractivity (Wildman–Crippen MR) is 95.9 cm³/mol. The van der Waals surface area contributed by atoms with E-state index in [-0.39, 0.29) is 18.7 Å². The highest BCUT2D eigenvalue weighted by Gasteiger charge is 2.25. The van der Waals surface area contributed by atoms with Gasteiger partial charge < -0.3 is 10.4 Å². The number of aliphatic hydroxyl groups is 1. The maximum absolute atomic E-state index is 11.1. The van der Waals surface area contributed by atoms with Gasteiger partial charge in [-0.3, -0.25) is 10.0 Å². The molecule has 3 rings (SSSR count). The Morgan fingerprint density at radius 3 is 2.76 bits per heavy atom. The van der Waals surface area contributed by atoms with Crippen molar-refractivity contribution in [2.24, 2.45) is 0 Å². The van der Waals surface area contributed by atoms with Gasteiger partial charge in [0, 0.05) is 12.1 Å². The fourth-order valence-corrected chi connectivity index (χ4v) is 3.31. The molecule has 0 aliphatic heterocycles. The van der Waals surface area contributed by atoms with Gasteiger partial charge in [-0.25, -0.2) is 5.48 Å². The molecule has 5 nitrogen and oxygen atoms in total. The lowest BCUT2D eigenvalue weighted by molar-refractivity contribution is -0.124. The quantitative estimate of drug-likeness (QED) is 0.371. The van der Waals surface area contributed by atoms with Gasteiger partial charge in [-0.1, -0.05) is 48.5 Å². The van der Waals surface area contributed by atoms with Gasteiger partial charge in [-0.15, -0.1) is 0 Å². The monoisotopic (exact) mass is 338 g/mol. The van der Waals surface area contributed by atoms with Crippen molar-refractivity contribution in [2.75, 3.05) is 6.61 Å². The number of hydrogen-bond acceptors (Lipinski definition) is 4. The van der Waals surface area contributed by atoms with Crippen LogP contribution in [0, 0.1) is 0 Å². The van der Waals surface area contributed by atoms with Crippen LogP contribution in [-0.4, -0.2) is 22.8 Å². The summed E-state index contributed by atoms with van der Waals surface area (Å²) in [5.74, 6) is -0.548. The van der Waals surface area contributed by atoms with E-state index in [0.29, 0.717) is 0 Å². The number of hydrogen-bond donors (Lipinski definition) is 4. The van der Waals surface area contributed by atoms with E-state index in [0.717, 1.165) is 24.0 Å². The molecule has 2 aromatic carbocycles. The predicted octanol–water partition coefficient (Wildman–Crippen LogP) is 2.52. The number of nitrogens with one attached hydrogen (secondary N) is 2. The average Bonchev–Trinajstić information content (AvgIpc) is 3.06. The Hall–Kier alpha value is -2.47. The molecule has 0 spiro atoms. The van der Waals surface area contributed by atoms with Crippen LogP contribution in [0.15, 0.2) is 54.6 Å². The number of benzene rings is 2. The van der Waals surface area contributed by atoms with E-state index in [1.54, 1.807) is 11.6 Å². The molecule has 130 valence electrons. The first-order valence-corrected chi connectivity index (χ1v) is 8.38. The van der Waals surface area contributed by atoms with Crippen molar-refractivity contribution in [3.63, 3.8) is 0 Å². The molecule has 4 N–H and O–H groups in total. The van der Waals surface area contributed by atoms with Crippen LogP contribution in [0.4, 0.5) is 0 Å². The molecule has 0 saturated heterocycles. The minimum Gasteiger partial charge on any atom is -0.394 e. The van der Waals surface area contributed by atoms with E-state index >= 15 is 0 Å². The highest BCUT2D eigenvalue weighted by atomic mass is 16.5. The van der Waals surface area contributed by atoms with E-state index < -0.39 is 5.91 Å². The van der Waals surface area contributed by atoms with Crippen molar-refractivity contribution < 1.29 is 15.1 Å². The first kappa shape index (κ1) is 17.4. The van der Waals surface area contributed by atoms with Crippen LogP contribution in [0.5, 0.6) is 0 Å². The van der Waals surface area contributed by atoms with Crippen LogP contribution in [0.3, 0.4) is 0 Å². The van der Waals surface area contributed by atoms with Crippen molar-refractivity contribution in [3.05, 3.63) is 76.9 Å². The molecule has 1 aliphatic carbocycles. The summed E-state index contributed by atoms with van der Waals surface area (Å²) in [6.45, 7) is 0.0486. The van der Waals surface area contributed by atoms with Gasteiger partial charge in [0.15, 0.2) is 0 Å². The second kappa shape index (κ2) is 8.07. The van der Waals surface area contributed by atoms with Crippen molar-refractivity contribution in [3.8, 4) is 0 Å². The van der Waals surface area contributed by atoms with Gasteiger partial charge in [0.1, 0.15) is 0 Å². The molecule has 0 bridgehead atoms. The highest BCUT2D eigenvalue weighted by molar-refractivity contribution is 5.90. The molecule has 2 atom stereocenters. The van der Waals surface area contributed by atoms with E-state index in [2.05, 4.69) is 17.4 Å². The second-order valence-electron chi connectivity index (χ2n) is 6.17. The summed E-state index contributed by atoms with van der Waals surface area (Å²) in [5.41, 5.74) is 6.06. The lowest BCUT2D eigenvalue weighted by atomic mass is 10.0. The topological polar surface area (TPSA) is 81.6 Å². The van der Waals surface area contributed by atoms with Crippen LogP contribution in [-0.2, 0) is 11.2 Å². The molecule has 0 fully saturated rings. The Labute approximate surface area is 147 Å². The van der Waals surface area contributed by atoms with E-state index in [9.17, 15) is 9.90 Å². The molecule has 0 saturated carbocycles. The number of carbonyl (C=O) groups excluding carboxylic acids is 1. The number of amides is 1. The largest absolute Gasteiger partial charge is 0.394 e. The molecular formula is C20H22N2O3. The summed E-state index contributed by atoms with van der Waals surface area (Å²) in [5, 5.41) is 21.8. The Bertz CT molecular complexity index is 759. The van der Waals surface area contributed by atoms with Crippen LogP contribution < -0.4 is 10.8 Å². The van der Waals surface area contributed by atoms with Gasteiger partial charge >= 0.3 is 0 Å². The van der Waals surface area contributed by atoms with Crippen LogP contribution in [0.2, 0.25) is 0 Å². The third-order valence-corrected chi connectivity index (χ3v) is 4.57. The number of rotatable bonds is 6. The summed E-state index contributed by atoms with van der Waals surface area (Å²) in [4.78, 5) is 11.1. The first-order chi connectivity index (χ1) is 12.2. The smallest absolute Gasteiger partial charge is 0.267 e. The fraction of sp³-hybridized carbons (Fsp3) is 0.250. The molecule has 2 aromatic rings. The number of hydroxylamine groups is 1. The van der Waals surface area contributed by atoms with Crippen molar-refractivity contribution in [2.45, 2.75) is 24.9 Å². The minimum absolute atomic E-state index is 0.0486. The normalized spacial score (nSPS) is 17.4. The van der Waals surface area contributed by atoms with Gasteiger partial charge in [-0.2, -0.15) is 0 Å². The summed E-state index contributed by atoms with van der Waals surface area (Å²) in [6.07, 6.45) is 4.90. The van der Waals surface area contributed by atoms with Gasteiger partial charge in [0.05, 0.1) is 12.6 Å². The number of aliphatic hydroxyl groups excluding tert-OH is 1. The van der Waals surface area contributed by atoms with Gasteiger partial charge in [-0.05, 0) is 41.2 Å². The summed E-state index contributed by atoms with van der Waals surface area (Å²) in [6, 6.07) is 16.1. The zero-order valence-electron chi connectivity index (χ0n) is 13.9. The Kier molecular flexibility index (Phi) is 5.60. The molecule has 0 radical (unpaired) electrons. The van der Waals surface area contributed by atoms with Gasteiger partial charge in [0.25, 0.3) is 5.91 Å². The summed E-state index contributed by atoms with van der Waals surface area (Å²) < 4.78 is 0.